The summed E-state index contributed by atoms with van der Waals surface area (Å²) < 4.78 is 0. The van der Waals surface area contributed by atoms with Crippen LogP contribution in [0.5, 0.6) is 0 Å². The van der Waals surface area contributed by atoms with Crippen LogP contribution in [-0.2, 0) is 0 Å². The molecule has 0 saturated heterocycles. The Morgan fingerprint density at radius 3 is 2.57 bits per heavy atom. The summed E-state index contributed by atoms with van der Waals surface area (Å²) in [5, 5.41) is 0. The molecule has 0 radical (unpaired) electrons. The van der Waals surface area contributed by atoms with Crippen LogP contribution in [0, 0.1) is 0 Å². The highest BCUT2D eigenvalue weighted by Gasteiger charge is 1.93. The Hall–Kier alpha value is -1.56. The second kappa shape index (κ2) is 5.98. The molecule has 1 rings (SSSR count). The fraction of sp³-hybridized carbons (Fsp3) is 0.143. The monoisotopic (exact) mass is 184 g/mol. The van der Waals surface area contributed by atoms with Gasteiger partial charge < -0.3 is 0 Å². The van der Waals surface area contributed by atoms with E-state index in [1.807, 2.05) is 12.1 Å². The molecule has 14 heavy (non-hydrogen) atoms. The average molecular weight is 184 g/mol. The molecule has 0 aliphatic rings. The van der Waals surface area contributed by atoms with Crippen LogP contribution < -0.4 is 0 Å². The molecule has 0 N–H and O–H groups in total. The Kier molecular flexibility index (Phi) is 4.49. The second-order valence-electron chi connectivity index (χ2n) is 3.03. The van der Waals surface area contributed by atoms with Crippen molar-refractivity contribution in [2.45, 2.75) is 13.3 Å². The molecule has 0 heteroatoms. The summed E-state index contributed by atoms with van der Waals surface area (Å²) in [6.45, 7) is 5.82. The highest BCUT2D eigenvalue weighted by atomic mass is 14.0. The first kappa shape index (κ1) is 10.5. The molecule has 0 nitrogen and oxygen atoms in total. The van der Waals surface area contributed by atoms with E-state index in [0.717, 1.165) is 6.42 Å². The van der Waals surface area contributed by atoms with E-state index in [9.17, 15) is 0 Å². The molecule has 0 heterocycles. The number of allylic oxidation sites excluding steroid dienone is 5. The van der Waals surface area contributed by atoms with Gasteiger partial charge in [0.15, 0.2) is 0 Å². The van der Waals surface area contributed by atoms with Gasteiger partial charge in [0.2, 0.25) is 0 Å². The second-order valence-corrected chi connectivity index (χ2v) is 3.03. The standard InChI is InChI=1S/C14H16/c1-3-5-10-13(9-4-2)14-11-7-6-8-12-14/h3,5-12H,1,4H2,2H3/b10-5-,13-9+. The lowest BCUT2D eigenvalue weighted by atomic mass is 10.0. The highest BCUT2D eigenvalue weighted by molar-refractivity contribution is 5.74. The van der Waals surface area contributed by atoms with E-state index in [1.165, 1.54) is 11.1 Å². The maximum Gasteiger partial charge on any atom is -0.0187 e. The van der Waals surface area contributed by atoms with Gasteiger partial charge in [-0.1, -0.05) is 68.1 Å². The fourth-order valence-electron chi connectivity index (χ4n) is 1.30. The van der Waals surface area contributed by atoms with Crippen LogP contribution in [-0.4, -0.2) is 0 Å². The summed E-state index contributed by atoms with van der Waals surface area (Å²) in [5.41, 5.74) is 2.51. The summed E-state index contributed by atoms with van der Waals surface area (Å²) in [7, 11) is 0. The molecule has 0 fully saturated rings. The predicted octanol–water partition coefficient (Wildman–Crippen LogP) is 4.22. The van der Waals surface area contributed by atoms with Crippen molar-refractivity contribution in [1.29, 1.82) is 0 Å². The van der Waals surface area contributed by atoms with Crippen LogP contribution in [0.25, 0.3) is 5.57 Å². The summed E-state index contributed by atoms with van der Waals surface area (Å²) >= 11 is 0. The molecule has 0 spiro atoms. The summed E-state index contributed by atoms with van der Waals surface area (Å²) in [6, 6.07) is 10.4. The zero-order chi connectivity index (χ0) is 10.2. The minimum atomic E-state index is 1.05. The third-order valence-corrected chi connectivity index (χ3v) is 1.94. The van der Waals surface area contributed by atoms with Gasteiger partial charge in [-0.25, -0.2) is 0 Å². The Bertz CT molecular complexity index is 328. The Morgan fingerprint density at radius 2 is 2.00 bits per heavy atom. The zero-order valence-corrected chi connectivity index (χ0v) is 8.61. The maximum absolute atomic E-state index is 3.67. The van der Waals surface area contributed by atoms with Crippen LogP contribution >= 0.6 is 0 Å². The SMILES string of the molecule is C=C/C=C\C(=C/CC)c1ccccc1. The smallest absolute Gasteiger partial charge is 0.0187 e. The lowest BCUT2D eigenvalue weighted by Crippen LogP contribution is -1.79. The molecule has 0 atom stereocenters. The van der Waals surface area contributed by atoms with Crippen LogP contribution in [0.3, 0.4) is 0 Å². The van der Waals surface area contributed by atoms with Gasteiger partial charge in [-0.3, -0.25) is 0 Å². The molecule has 0 aliphatic heterocycles. The zero-order valence-electron chi connectivity index (χ0n) is 8.61. The van der Waals surface area contributed by atoms with E-state index in [2.05, 4.69) is 49.9 Å². The topological polar surface area (TPSA) is 0 Å². The molecular weight excluding hydrogens is 168 g/mol. The van der Waals surface area contributed by atoms with Crippen molar-refractivity contribution >= 4 is 5.57 Å². The van der Waals surface area contributed by atoms with Crippen LogP contribution in [0.4, 0.5) is 0 Å². The average Bonchev–Trinajstić information content (AvgIpc) is 2.25. The summed E-state index contributed by atoms with van der Waals surface area (Å²) in [5.74, 6) is 0. The predicted molar refractivity (Wildman–Crippen MR) is 64.0 cm³/mol. The van der Waals surface area contributed by atoms with Gasteiger partial charge in [0.05, 0.1) is 0 Å². The number of hydrogen-bond donors (Lipinski definition) is 0. The minimum absolute atomic E-state index is 1.05. The quantitative estimate of drug-likeness (QED) is 0.614. The molecule has 0 bridgehead atoms. The van der Waals surface area contributed by atoms with E-state index in [-0.39, 0.29) is 0 Å². The first-order chi connectivity index (χ1) is 6.88. The third kappa shape index (κ3) is 3.06. The molecule has 0 amide bonds. The molecule has 1 aromatic rings. The van der Waals surface area contributed by atoms with Gasteiger partial charge in [0, 0.05) is 0 Å². The van der Waals surface area contributed by atoms with Crippen molar-refractivity contribution < 1.29 is 0 Å². The normalized spacial score (nSPS) is 11.9. The van der Waals surface area contributed by atoms with Crippen molar-refractivity contribution in [3.05, 3.63) is 66.8 Å². The van der Waals surface area contributed by atoms with Crippen LogP contribution in [0.1, 0.15) is 18.9 Å². The summed E-state index contributed by atoms with van der Waals surface area (Å²) in [6.07, 6.45) is 9.12. The molecule has 0 aliphatic carbocycles. The van der Waals surface area contributed by atoms with Gasteiger partial charge in [0.1, 0.15) is 0 Å². The van der Waals surface area contributed by atoms with Gasteiger partial charge >= 0.3 is 0 Å². The van der Waals surface area contributed by atoms with Gasteiger partial charge in [0.25, 0.3) is 0 Å². The lowest BCUT2D eigenvalue weighted by Gasteiger charge is -2.01. The first-order valence-electron chi connectivity index (χ1n) is 4.93. The Labute approximate surface area is 86.3 Å². The molecule has 0 aromatic heterocycles. The van der Waals surface area contributed by atoms with Gasteiger partial charge in [-0.2, -0.15) is 0 Å². The van der Waals surface area contributed by atoms with Crippen molar-refractivity contribution in [3.8, 4) is 0 Å². The van der Waals surface area contributed by atoms with Crippen LogP contribution in [0.2, 0.25) is 0 Å². The minimum Gasteiger partial charge on any atom is -0.0991 e. The van der Waals surface area contributed by atoms with E-state index in [0.29, 0.717) is 0 Å². The lowest BCUT2D eigenvalue weighted by molar-refractivity contribution is 1.23. The van der Waals surface area contributed by atoms with E-state index < -0.39 is 0 Å². The number of hydrogen-bond acceptors (Lipinski definition) is 0. The Balaban J connectivity index is 2.95. The van der Waals surface area contributed by atoms with Gasteiger partial charge in [-0.15, -0.1) is 0 Å². The van der Waals surface area contributed by atoms with Crippen LogP contribution in [0.15, 0.2) is 61.2 Å². The first-order valence-corrected chi connectivity index (χ1v) is 4.93. The van der Waals surface area contributed by atoms with Crippen molar-refractivity contribution in [1.82, 2.24) is 0 Å². The highest BCUT2D eigenvalue weighted by Crippen LogP contribution is 2.15. The van der Waals surface area contributed by atoms with E-state index in [1.54, 1.807) is 6.08 Å². The summed E-state index contributed by atoms with van der Waals surface area (Å²) in [4.78, 5) is 0. The third-order valence-electron chi connectivity index (χ3n) is 1.94. The van der Waals surface area contributed by atoms with E-state index in [4.69, 9.17) is 0 Å². The fourth-order valence-corrected chi connectivity index (χ4v) is 1.30. The molecule has 0 unspecified atom stereocenters. The Morgan fingerprint density at radius 1 is 1.29 bits per heavy atom. The van der Waals surface area contributed by atoms with Crippen molar-refractivity contribution in [2.75, 3.05) is 0 Å². The van der Waals surface area contributed by atoms with E-state index >= 15 is 0 Å². The molecular formula is C14H16. The molecule has 72 valence electrons. The molecule has 0 saturated carbocycles. The van der Waals surface area contributed by atoms with Gasteiger partial charge in [-0.05, 0) is 17.6 Å². The van der Waals surface area contributed by atoms with Crippen molar-refractivity contribution in [3.63, 3.8) is 0 Å². The number of benzene rings is 1. The maximum atomic E-state index is 3.67. The van der Waals surface area contributed by atoms with Crippen molar-refractivity contribution in [2.24, 2.45) is 0 Å². The molecule has 1 aromatic carbocycles. The number of rotatable bonds is 4. The largest absolute Gasteiger partial charge is 0.0991 e.